The maximum absolute atomic E-state index is 6.44. The SMILES string of the molecule is COc1ccc2c(-c3ccccc3)c3c([o+]c2c1)-c1ccccc1CC3. The van der Waals surface area contributed by atoms with Gasteiger partial charge in [-0.2, -0.15) is 0 Å². The second-order valence-corrected chi connectivity index (χ2v) is 6.67. The Balaban J connectivity index is 1.90. The molecule has 1 aromatic heterocycles. The lowest BCUT2D eigenvalue weighted by molar-refractivity contribution is 0.414. The van der Waals surface area contributed by atoms with Crippen LogP contribution >= 0.6 is 0 Å². The topological polar surface area (TPSA) is 20.5 Å². The minimum absolute atomic E-state index is 0.810. The highest BCUT2D eigenvalue weighted by Gasteiger charge is 2.32. The van der Waals surface area contributed by atoms with Crippen molar-refractivity contribution in [3.05, 3.63) is 83.9 Å². The molecule has 126 valence electrons. The molecule has 5 rings (SSSR count). The Labute approximate surface area is 152 Å². The van der Waals surface area contributed by atoms with Gasteiger partial charge in [-0.3, -0.25) is 0 Å². The van der Waals surface area contributed by atoms with E-state index < -0.39 is 0 Å². The third-order valence-corrected chi connectivity index (χ3v) is 5.21. The Morgan fingerprint density at radius 3 is 2.50 bits per heavy atom. The van der Waals surface area contributed by atoms with E-state index in [1.165, 1.54) is 27.8 Å². The van der Waals surface area contributed by atoms with E-state index in [1.54, 1.807) is 7.11 Å². The van der Waals surface area contributed by atoms with Crippen molar-refractivity contribution in [3.63, 3.8) is 0 Å². The van der Waals surface area contributed by atoms with Gasteiger partial charge < -0.3 is 4.74 Å². The fraction of sp³-hybridized carbons (Fsp3) is 0.125. The Bertz CT molecular complexity index is 1110. The smallest absolute Gasteiger partial charge is 0.365 e. The second kappa shape index (κ2) is 5.99. The van der Waals surface area contributed by atoms with Crippen LogP contribution in [-0.4, -0.2) is 7.11 Å². The molecule has 0 amide bonds. The Hall–Kier alpha value is -3.13. The van der Waals surface area contributed by atoms with Gasteiger partial charge in [-0.05, 0) is 42.2 Å². The van der Waals surface area contributed by atoms with Gasteiger partial charge in [0.25, 0.3) is 0 Å². The first kappa shape index (κ1) is 15.2. The summed E-state index contributed by atoms with van der Waals surface area (Å²) in [6, 6.07) is 25.3. The summed E-state index contributed by atoms with van der Waals surface area (Å²) in [4.78, 5) is 0. The molecular weight excluding hydrogens is 320 g/mol. The Morgan fingerprint density at radius 2 is 1.65 bits per heavy atom. The maximum Gasteiger partial charge on any atom is 0.365 e. The van der Waals surface area contributed by atoms with Gasteiger partial charge in [0.05, 0.1) is 29.7 Å². The van der Waals surface area contributed by atoms with Gasteiger partial charge in [0.2, 0.25) is 0 Å². The van der Waals surface area contributed by atoms with E-state index in [4.69, 9.17) is 9.15 Å². The van der Waals surface area contributed by atoms with Gasteiger partial charge in [0, 0.05) is 5.56 Å². The maximum atomic E-state index is 6.44. The van der Waals surface area contributed by atoms with Gasteiger partial charge in [-0.15, -0.1) is 0 Å². The highest BCUT2D eigenvalue weighted by molar-refractivity contribution is 5.98. The molecular formula is C24H19O2+. The number of benzene rings is 3. The fourth-order valence-electron chi connectivity index (χ4n) is 3.98. The summed E-state index contributed by atoms with van der Waals surface area (Å²) in [6.45, 7) is 0. The van der Waals surface area contributed by atoms with Crippen molar-refractivity contribution in [1.29, 1.82) is 0 Å². The van der Waals surface area contributed by atoms with E-state index in [2.05, 4.69) is 60.7 Å². The van der Waals surface area contributed by atoms with Crippen molar-refractivity contribution in [2.45, 2.75) is 12.8 Å². The lowest BCUT2D eigenvalue weighted by Gasteiger charge is -2.17. The molecule has 0 fully saturated rings. The normalized spacial score (nSPS) is 12.5. The molecule has 0 spiro atoms. The van der Waals surface area contributed by atoms with Crippen LogP contribution in [0.4, 0.5) is 0 Å². The van der Waals surface area contributed by atoms with Crippen molar-refractivity contribution < 1.29 is 9.15 Å². The van der Waals surface area contributed by atoms with Crippen LogP contribution in [0.3, 0.4) is 0 Å². The standard InChI is InChI=1S/C24H19O2/c1-25-18-12-14-20-22(15-18)26-24-19-10-6-5-7-16(19)11-13-21(24)23(20)17-8-3-2-4-9-17/h2-10,12,14-15H,11,13H2,1H3/q+1. The van der Waals surface area contributed by atoms with Crippen molar-refractivity contribution >= 4 is 11.0 Å². The monoisotopic (exact) mass is 339 g/mol. The molecule has 0 radical (unpaired) electrons. The molecule has 4 aromatic rings. The molecule has 0 saturated heterocycles. The number of fused-ring (bicyclic) bond motifs is 4. The molecule has 26 heavy (non-hydrogen) atoms. The molecule has 1 heterocycles. The summed E-state index contributed by atoms with van der Waals surface area (Å²) in [5, 5.41) is 1.13. The lowest BCUT2D eigenvalue weighted by Crippen LogP contribution is -2.06. The van der Waals surface area contributed by atoms with Crippen LogP contribution in [0.25, 0.3) is 33.4 Å². The number of ether oxygens (including phenoxy) is 1. The molecule has 0 saturated carbocycles. The Morgan fingerprint density at radius 1 is 0.846 bits per heavy atom. The largest absolute Gasteiger partial charge is 0.496 e. The third kappa shape index (κ3) is 2.30. The third-order valence-electron chi connectivity index (χ3n) is 5.21. The highest BCUT2D eigenvalue weighted by Crippen LogP contribution is 2.43. The van der Waals surface area contributed by atoms with E-state index in [0.29, 0.717) is 0 Å². The molecule has 0 aliphatic heterocycles. The summed E-state index contributed by atoms with van der Waals surface area (Å²) < 4.78 is 11.9. The van der Waals surface area contributed by atoms with Crippen LogP contribution in [0.2, 0.25) is 0 Å². The van der Waals surface area contributed by atoms with Crippen molar-refractivity contribution in [2.24, 2.45) is 0 Å². The zero-order chi connectivity index (χ0) is 17.5. The van der Waals surface area contributed by atoms with Crippen LogP contribution in [0.15, 0.2) is 77.2 Å². The Kier molecular flexibility index (Phi) is 3.49. The average molecular weight is 339 g/mol. The molecule has 1 aliphatic rings. The molecule has 3 aromatic carbocycles. The summed E-state index contributed by atoms with van der Waals surface area (Å²) in [7, 11) is 1.69. The molecule has 2 nitrogen and oxygen atoms in total. The average Bonchev–Trinajstić information content (AvgIpc) is 2.72. The number of aryl methyl sites for hydroxylation is 1. The van der Waals surface area contributed by atoms with Crippen LogP contribution in [-0.2, 0) is 12.8 Å². The van der Waals surface area contributed by atoms with Crippen molar-refractivity contribution in [1.82, 2.24) is 0 Å². The quantitative estimate of drug-likeness (QED) is 0.408. The second-order valence-electron chi connectivity index (χ2n) is 6.67. The molecule has 2 heteroatoms. The van der Waals surface area contributed by atoms with Crippen LogP contribution < -0.4 is 4.74 Å². The summed E-state index contributed by atoms with van der Waals surface area (Å²) >= 11 is 0. The molecule has 0 bridgehead atoms. The van der Waals surface area contributed by atoms with Crippen molar-refractivity contribution in [2.75, 3.05) is 7.11 Å². The van der Waals surface area contributed by atoms with E-state index in [9.17, 15) is 0 Å². The number of hydrogen-bond acceptors (Lipinski definition) is 1. The minimum atomic E-state index is 0.810. The summed E-state index contributed by atoms with van der Waals surface area (Å²) in [5.74, 6) is 1.80. The zero-order valence-corrected chi connectivity index (χ0v) is 14.7. The first-order valence-electron chi connectivity index (χ1n) is 8.95. The van der Waals surface area contributed by atoms with Crippen LogP contribution in [0, 0.1) is 0 Å². The first-order valence-corrected chi connectivity index (χ1v) is 8.95. The molecule has 0 unspecified atom stereocenters. The molecule has 0 N–H and O–H groups in total. The minimum Gasteiger partial charge on any atom is -0.496 e. The first-order chi connectivity index (χ1) is 12.8. The fourth-order valence-corrected chi connectivity index (χ4v) is 3.98. The molecule has 0 atom stereocenters. The van der Waals surface area contributed by atoms with E-state index in [-0.39, 0.29) is 0 Å². The number of methoxy groups -OCH3 is 1. The van der Waals surface area contributed by atoms with Gasteiger partial charge in [0.15, 0.2) is 0 Å². The van der Waals surface area contributed by atoms with Crippen LogP contribution in [0.5, 0.6) is 5.75 Å². The van der Waals surface area contributed by atoms with E-state index >= 15 is 0 Å². The zero-order valence-electron chi connectivity index (χ0n) is 14.7. The van der Waals surface area contributed by atoms with E-state index in [1.807, 2.05) is 12.1 Å². The van der Waals surface area contributed by atoms with Gasteiger partial charge in [0.1, 0.15) is 5.75 Å². The predicted molar refractivity (Wildman–Crippen MR) is 105 cm³/mol. The van der Waals surface area contributed by atoms with Gasteiger partial charge >= 0.3 is 11.3 Å². The number of rotatable bonds is 2. The lowest BCUT2D eigenvalue weighted by atomic mass is 9.84. The summed E-state index contributed by atoms with van der Waals surface area (Å²) in [6.07, 6.45) is 2.03. The summed E-state index contributed by atoms with van der Waals surface area (Å²) in [5.41, 5.74) is 7.22. The highest BCUT2D eigenvalue weighted by atomic mass is 16.5. The van der Waals surface area contributed by atoms with Gasteiger partial charge in [-0.1, -0.05) is 48.5 Å². The van der Waals surface area contributed by atoms with Gasteiger partial charge in [-0.25, -0.2) is 4.42 Å². The van der Waals surface area contributed by atoms with E-state index in [0.717, 1.165) is 35.3 Å². The van der Waals surface area contributed by atoms with Crippen LogP contribution in [0.1, 0.15) is 11.1 Å². The van der Waals surface area contributed by atoms with Crippen molar-refractivity contribution in [3.8, 4) is 28.2 Å². The predicted octanol–water partition coefficient (Wildman–Crippen LogP) is 6.16. The number of hydrogen-bond donors (Lipinski definition) is 0. The molecule has 1 aliphatic carbocycles.